The molecule has 0 saturated carbocycles. The fourth-order valence-electron chi connectivity index (χ4n) is 2.08. The number of carbonyl (C=O) groups is 1. The molecule has 0 radical (unpaired) electrons. The van der Waals surface area contributed by atoms with E-state index in [-0.39, 0.29) is 39.6 Å². The number of hydrogen-bond donors (Lipinski definition) is 3. The second-order valence-corrected chi connectivity index (χ2v) is 4.29. The number of carboxylic acid groups (broad SMARTS) is 1. The standard InChI is InChI=1S/C13H13FN2O4/c1-5-9(7-4-8(13(18)19)16-15-7)11(17)12(20-3)6(2)10(5)14/h4,17H,1-3H3,(H,15,16)(H,18,19). The molecule has 2 rings (SSSR count). The Morgan fingerprint density at radius 2 is 2.05 bits per heavy atom. The highest BCUT2D eigenvalue weighted by atomic mass is 19.1. The van der Waals surface area contributed by atoms with E-state index in [2.05, 4.69) is 10.2 Å². The first-order chi connectivity index (χ1) is 9.38. The smallest absolute Gasteiger partial charge is 0.353 e. The minimum atomic E-state index is -1.19. The molecule has 0 saturated heterocycles. The Bertz CT molecular complexity index is 694. The summed E-state index contributed by atoms with van der Waals surface area (Å²) in [6, 6.07) is 1.22. The number of methoxy groups -OCH3 is 1. The number of nitrogens with zero attached hydrogens (tertiary/aromatic N) is 1. The first-order valence-corrected chi connectivity index (χ1v) is 5.73. The molecule has 1 aromatic carbocycles. The Hall–Kier alpha value is -2.57. The van der Waals surface area contributed by atoms with Crippen LogP contribution in [0.4, 0.5) is 4.39 Å². The minimum absolute atomic E-state index is 0.00275. The number of aromatic nitrogens is 2. The van der Waals surface area contributed by atoms with E-state index >= 15 is 0 Å². The van der Waals surface area contributed by atoms with Crippen molar-refractivity contribution in [1.29, 1.82) is 0 Å². The first kappa shape index (κ1) is 13.9. The Morgan fingerprint density at radius 1 is 1.40 bits per heavy atom. The van der Waals surface area contributed by atoms with Crippen LogP contribution in [0.1, 0.15) is 21.6 Å². The van der Waals surface area contributed by atoms with Crippen molar-refractivity contribution in [2.24, 2.45) is 0 Å². The SMILES string of the molecule is COc1c(C)c(F)c(C)c(-c2cc(C(=O)O)[nH]n2)c1O. The van der Waals surface area contributed by atoms with Crippen molar-refractivity contribution in [2.75, 3.05) is 7.11 Å². The van der Waals surface area contributed by atoms with Crippen LogP contribution in [0.15, 0.2) is 6.07 Å². The number of phenols is 1. The summed E-state index contributed by atoms with van der Waals surface area (Å²) in [6.07, 6.45) is 0. The van der Waals surface area contributed by atoms with E-state index in [1.807, 2.05) is 0 Å². The number of phenolic OH excluding ortho intramolecular Hbond substituents is 1. The second kappa shape index (κ2) is 4.84. The minimum Gasteiger partial charge on any atom is -0.504 e. The Morgan fingerprint density at radius 3 is 2.55 bits per heavy atom. The molecule has 0 aliphatic carbocycles. The molecular weight excluding hydrogens is 267 g/mol. The Labute approximate surface area is 113 Å². The molecule has 6 nitrogen and oxygen atoms in total. The molecule has 0 aliphatic rings. The van der Waals surface area contributed by atoms with Gasteiger partial charge in [-0.2, -0.15) is 5.10 Å². The lowest BCUT2D eigenvalue weighted by Gasteiger charge is -2.14. The van der Waals surface area contributed by atoms with Gasteiger partial charge < -0.3 is 14.9 Å². The summed E-state index contributed by atoms with van der Waals surface area (Å²) in [6.45, 7) is 2.96. The van der Waals surface area contributed by atoms with Crippen molar-refractivity contribution in [3.63, 3.8) is 0 Å². The van der Waals surface area contributed by atoms with E-state index in [0.29, 0.717) is 0 Å². The van der Waals surface area contributed by atoms with Crippen LogP contribution in [-0.4, -0.2) is 33.5 Å². The van der Waals surface area contributed by atoms with Crippen LogP contribution in [0.3, 0.4) is 0 Å². The van der Waals surface area contributed by atoms with E-state index in [9.17, 15) is 14.3 Å². The number of aromatic carboxylic acids is 1. The Kier molecular flexibility index (Phi) is 3.35. The van der Waals surface area contributed by atoms with Crippen molar-refractivity contribution in [3.8, 4) is 22.8 Å². The van der Waals surface area contributed by atoms with E-state index in [1.54, 1.807) is 0 Å². The topological polar surface area (TPSA) is 95.4 Å². The van der Waals surface area contributed by atoms with Gasteiger partial charge in [-0.3, -0.25) is 5.10 Å². The van der Waals surface area contributed by atoms with Crippen LogP contribution in [0, 0.1) is 19.7 Å². The zero-order chi connectivity index (χ0) is 15.0. The van der Waals surface area contributed by atoms with Crippen molar-refractivity contribution in [3.05, 3.63) is 28.7 Å². The lowest BCUT2D eigenvalue weighted by molar-refractivity contribution is 0.0690. The fraction of sp³-hybridized carbons (Fsp3) is 0.231. The van der Waals surface area contributed by atoms with Crippen LogP contribution in [-0.2, 0) is 0 Å². The van der Waals surface area contributed by atoms with Gasteiger partial charge in [-0.05, 0) is 25.5 Å². The summed E-state index contributed by atoms with van der Waals surface area (Å²) in [5.41, 5.74) is 0.437. The largest absolute Gasteiger partial charge is 0.504 e. The number of nitrogens with one attached hydrogen (secondary N) is 1. The number of rotatable bonds is 3. The van der Waals surface area contributed by atoms with Crippen LogP contribution >= 0.6 is 0 Å². The summed E-state index contributed by atoms with van der Waals surface area (Å²) in [5.74, 6) is -2.00. The number of H-pyrrole nitrogens is 1. The Balaban J connectivity index is 2.72. The third-order valence-electron chi connectivity index (χ3n) is 3.09. The maximum Gasteiger partial charge on any atom is 0.353 e. The quantitative estimate of drug-likeness (QED) is 0.801. The summed E-state index contributed by atoms with van der Waals surface area (Å²) in [4.78, 5) is 10.8. The van der Waals surface area contributed by atoms with Gasteiger partial charge in [0.1, 0.15) is 11.5 Å². The fourth-order valence-corrected chi connectivity index (χ4v) is 2.08. The lowest BCUT2D eigenvalue weighted by Crippen LogP contribution is -1.98. The van der Waals surface area contributed by atoms with Crippen LogP contribution in [0.2, 0.25) is 0 Å². The molecule has 2 aromatic rings. The lowest BCUT2D eigenvalue weighted by atomic mass is 9.99. The number of ether oxygens (including phenoxy) is 1. The molecule has 3 N–H and O–H groups in total. The molecule has 0 unspecified atom stereocenters. The van der Waals surface area contributed by atoms with Gasteiger partial charge in [-0.1, -0.05) is 0 Å². The second-order valence-electron chi connectivity index (χ2n) is 4.29. The van der Waals surface area contributed by atoms with E-state index in [0.717, 1.165) is 0 Å². The molecular formula is C13H13FN2O4. The molecule has 1 heterocycles. The predicted octanol–water partition coefficient (Wildman–Crippen LogP) is 2.25. The van der Waals surface area contributed by atoms with Gasteiger partial charge in [0.05, 0.1) is 18.4 Å². The zero-order valence-corrected chi connectivity index (χ0v) is 11.1. The zero-order valence-electron chi connectivity index (χ0n) is 11.1. The highest BCUT2D eigenvalue weighted by molar-refractivity contribution is 5.88. The molecule has 0 bridgehead atoms. The number of hydrogen-bond acceptors (Lipinski definition) is 4. The number of aromatic hydroxyl groups is 1. The third-order valence-corrected chi connectivity index (χ3v) is 3.09. The molecule has 106 valence electrons. The van der Waals surface area contributed by atoms with Gasteiger partial charge in [0.25, 0.3) is 0 Å². The monoisotopic (exact) mass is 280 g/mol. The van der Waals surface area contributed by atoms with Gasteiger partial charge in [-0.25, -0.2) is 9.18 Å². The van der Waals surface area contributed by atoms with Crippen molar-refractivity contribution in [2.45, 2.75) is 13.8 Å². The first-order valence-electron chi connectivity index (χ1n) is 5.73. The molecule has 0 aliphatic heterocycles. The van der Waals surface area contributed by atoms with Gasteiger partial charge in [0.15, 0.2) is 11.5 Å². The molecule has 0 amide bonds. The summed E-state index contributed by atoms with van der Waals surface area (Å²) in [7, 11) is 1.31. The normalized spacial score (nSPS) is 10.6. The van der Waals surface area contributed by atoms with Gasteiger partial charge in [-0.15, -0.1) is 0 Å². The average molecular weight is 280 g/mol. The third kappa shape index (κ3) is 1.97. The molecule has 20 heavy (non-hydrogen) atoms. The van der Waals surface area contributed by atoms with E-state index in [1.165, 1.54) is 27.0 Å². The number of benzene rings is 1. The molecule has 1 aromatic heterocycles. The van der Waals surface area contributed by atoms with Crippen LogP contribution < -0.4 is 4.74 Å². The van der Waals surface area contributed by atoms with E-state index in [4.69, 9.17) is 9.84 Å². The number of halogens is 1. The number of aromatic amines is 1. The summed E-state index contributed by atoms with van der Waals surface area (Å²) >= 11 is 0. The number of carboxylic acids is 1. The maximum absolute atomic E-state index is 14.1. The molecule has 7 heteroatoms. The van der Waals surface area contributed by atoms with E-state index < -0.39 is 11.8 Å². The summed E-state index contributed by atoms with van der Waals surface area (Å²) < 4.78 is 19.1. The van der Waals surface area contributed by atoms with Crippen LogP contribution in [0.5, 0.6) is 11.5 Å². The van der Waals surface area contributed by atoms with Gasteiger partial charge in [0.2, 0.25) is 0 Å². The predicted molar refractivity (Wildman–Crippen MR) is 68.6 cm³/mol. The van der Waals surface area contributed by atoms with Crippen molar-refractivity contribution < 1.29 is 24.1 Å². The highest BCUT2D eigenvalue weighted by Gasteiger charge is 2.23. The van der Waals surface area contributed by atoms with Crippen LogP contribution in [0.25, 0.3) is 11.3 Å². The van der Waals surface area contributed by atoms with Crippen molar-refractivity contribution >= 4 is 5.97 Å². The molecule has 0 spiro atoms. The average Bonchev–Trinajstić information content (AvgIpc) is 2.87. The van der Waals surface area contributed by atoms with Crippen molar-refractivity contribution in [1.82, 2.24) is 10.2 Å². The van der Waals surface area contributed by atoms with Gasteiger partial charge in [0, 0.05) is 5.56 Å². The highest BCUT2D eigenvalue weighted by Crippen LogP contribution is 2.43. The maximum atomic E-state index is 14.1. The summed E-state index contributed by atoms with van der Waals surface area (Å²) in [5, 5.41) is 25.1. The van der Waals surface area contributed by atoms with Gasteiger partial charge >= 0.3 is 5.97 Å². The molecule has 0 atom stereocenters. The molecule has 0 fully saturated rings.